The number of primary amides is 1. The largest absolute Gasteiger partial charge is 0.416 e. The molecule has 2 N–H and O–H groups in total. The van der Waals surface area contributed by atoms with Crippen molar-refractivity contribution in [1.29, 1.82) is 0 Å². The lowest BCUT2D eigenvalue weighted by molar-refractivity contribution is -0.137. The number of alkyl halides is 3. The summed E-state index contributed by atoms with van der Waals surface area (Å²) in [5.74, 6) is -0.849. The Bertz CT molecular complexity index is 738. The third-order valence-electron chi connectivity index (χ3n) is 2.74. The van der Waals surface area contributed by atoms with Gasteiger partial charge in [-0.25, -0.2) is 4.98 Å². The molecule has 0 aliphatic heterocycles. The molecule has 21 heavy (non-hydrogen) atoms. The van der Waals surface area contributed by atoms with E-state index in [9.17, 15) is 22.8 Å². The SMILES string of the molecule is NC(=O)c1cc(=O)n(Cc2cccc(C(F)(F)F)c2)cn1. The monoisotopic (exact) mass is 297 g/mol. The summed E-state index contributed by atoms with van der Waals surface area (Å²) < 4.78 is 38.9. The Hall–Kier alpha value is -2.64. The molecule has 0 bridgehead atoms. The van der Waals surface area contributed by atoms with Gasteiger partial charge in [0.05, 0.1) is 18.4 Å². The molecule has 1 aromatic heterocycles. The first kappa shape index (κ1) is 14.8. The maximum atomic E-state index is 12.6. The lowest BCUT2D eigenvalue weighted by atomic mass is 10.1. The molecule has 1 amide bonds. The highest BCUT2D eigenvalue weighted by Crippen LogP contribution is 2.29. The second-order valence-corrected chi connectivity index (χ2v) is 4.30. The lowest BCUT2D eigenvalue weighted by Gasteiger charge is -2.10. The first-order valence-corrected chi connectivity index (χ1v) is 5.80. The summed E-state index contributed by atoms with van der Waals surface area (Å²) in [4.78, 5) is 26.3. The number of aromatic nitrogens is 2. The quantitative estimate of drug-likeness (QED) is 0.930. The van der Waals surface area contributed by atoms with Crippen molar-refractivity contribution in [3.05, 3.63) is 63.8 Å². The van der Waals surface area contributed by atoms with E-state index < -0.39 is 23.2 Å². The highest BCUT2D eigenvalue weighted by Gasteiger charge is 2.30. The van der Waals surface area contributed by atoms with Gasteiger partial charge < -0.3 is 5.73 Å². The second kappa shape index (κ2) is 5.39. The van der Waals surface area contributed by atoms with E-state index in [2.05, 4.69) is 4.98 Å². The van der Waals surface area contributed by atoms with E-state index in [4.69, 9.17) is 5.73 Å². The van der Waals surface area contributed by atoms with Gasteiger partial charge in [0.15, 0.2) is 0 Å². The fourth-order valence-corrected chi connectivity index (χ4v) is 1.72. The predicted octanol–water partition coefficient (Wildman–Crippen LogP) is 1.41. The minimum absolute atomic E-state index is 0.0885. The molecule has 2 rings (SSSR count). The fourth-order valence-electron chi connectivity index (χ4n) is 1.72. The van der Waals surface area contributed by atoms with Crippen molar-refractivity contribution >= 4 is 5.91 Å². The Labute approximate surface area is 116 Å². The third kappa shape index (κ3) is 3.47. The molecule has 8 heteroatoms. The summed E-state index contributed by atoms with van der Waals surface area (Å²) in [5.41, 5.74) is 3.71. The molecule has 0 fully saturated rings. The number of amides is 1. The van der Waals surface area contributed by atoms with E-state index >= 15 is 0 Å². The second-order valence-electron chi connectivity index (χ2n) is 4.30. The zero-order chi connectivity index (χ0) is 15.6. The number of hydrogen-bond acceptors (Lipinski definition) is 3. The van der Waals surface area contributed by atoms with Crippen LogP contribution in [0.4, 0.5) is 13.2 Å². The number of nitrogens with zero attached hydrogens (tertiary/aromatic N) is 2. The number of benzene rings is 1. The van der Waals surface area contributed by atoms with E-state index in [1.807, 2.05) is 0 Å². The highest BCUT2D eigenvalue weighted by molar-refractivity contribution is 5.90. The molecular weight excluding hydrogens is 287 g/mol. The molecule has 0 radical (unpaired) electrons. The van der Waals surface area contributed by atoms with Crippen molar-refractivity contribution in [3.8, 4) is 0 Å². The maximum Gasteiger partial charge on any atom is 0.416 e. The summed E-state index contributed by atoms with van der Waals surface area (Å²) in [7, 11) is 0. The number of carbonyl (C=O) groups is 1. The number of carbonyl (C=O) groups excluding carboxylic acids is 1. The Morgan fingerprint density at radius 3 is 2.57 bits per heavy atom. The van der Waals surface area contributed by atoms with Crippen molar-refractivity contribution in [2.45, 2.75) is 12.7 Å². The molecule has 0 atom stereocenters. The molecule has 2 aromatic rings. The van der Waals surface area contributed by atoms with Gasteiger partial charge in [-0.3, -0.25) is 14.2 Å². The Balaban J connectivity index is 2.31. The topological polar surface area (TPSA) is 78.0 Å². The van der Waals surface area contributed by atoms with Crippen LogP contribution < -0.4 is 11.3 Å². The van der Waals surface area contributed by atoms with Gasteiger partial charge in [-0.1, -0.05) is 12.1 Å². The molecule has 5 nitrogen and oxygen atoms in total. The first-order chi connectivity index (χ1) is 9.77. The van der Waals surface area contributed by atoms with Crippen LogP contribution in [0.15, 0.2) is 41.5 Å². The van der Waals surface area contributed by atoms with Gasteiger partial charge in [0.25, 0.3) is 11.5 Å². The van der Waals surface area contributed by atoms with Crippen LogP contribution in [0.3, 0.4) is 0 Å². The van der Waals surface area contributed by atoms with Gasteiger partial charge in [-0.15, -0.1) is 0 Å². The van der Waals surface area contributed by atoms with Gasteiger partial charge in [0.1, 0.15) is 5.69 Å². The standard InChI is InChI=1S/C13H10F3N3O2/c14-13(15,16)9-3-1-2-8(4-9)6-19-7-18-10(12(17)21)5-11(19)20/h1-5,7H,6H2,(H2,17,21). The van der Waals surface area contributed by atoms with Crippen LogP contribution in [-0.4, -0.2) is 15.5 Å². The van der Waals surface area contributed by atoms with E-state index in [0.717, 1.165) is 29.1 Å². The van der Waals surface area contributed by atoms with Gasteiger partial charge >= 0.3 is 6.18 Å². The predicted molar refractivity (Wildman–Crippen MR) is 67.6 cm³/mol. The molecule has 0 aliphatic carbocycles. The van der Waals surface area contributed by atoms with Crippen molar-refractivity contribution in [3.63, 3.8) is 0 Å². The minimum Gasteiger partial charge on any atom is -0.364 e. The van der Waals surface area contributed by atoms with Crippen LogP contribution >= 0.6 is 0 Å². The van der Waals surface area contributed by atoms with Gasteiger partial charge in [0, 0.05) is 6.07 Å². The van der Waals surface area contributed by atoms with E-state index in [0.29, 0.717) is 5.56 Å². The molecule has 0 saturated heterocycles. The van der Waals surface area contributed by atoms with E-state index in [1.165, 1.54) is 12.1 Å². The van der Waals surface area contributed by atoms with Gasteiger partial charge in [-0.2, -0.15) is 13.2 Å². The summed E-state index contributed by atoms with van der Waals surface area (Å²) >= 11 is 0. The number of rotatable bonds is 3. The minimum atomic E-state index is -4.45. The zero-order valence-corrected chi connectivity index (χ0v) is 10.6. The first-order valence-electron chi connectivity index (χ1n) is 5.80. The van der Waals surface area contributed by atoms with Crippen LogP contribution in [0.1, 0.15) is 21.6 Å². The number of nitrogens with two attached hydrogens (primary N) is 1. The smallest absolute Gasteiger partial charge is 0.364 e. The van der Waals surface area contributed by atoms with E-state index in [-0.39, 0.29) is 12.2 Å². The van der Waals surface area contributed by atoms with Crippen LogP contribution in [-0.2, 0) is 12.7 Å². The molecule has 0 aliphatic rings. The van der Waals surface area contributed by atoms with Crippen LogP contribution in [0.25, 0.3) is 0 Å². The molecular formula is C13H10F3N3O2. The van der Waals surface area contributed by atoms with Crippen molar-refractivity contribution in [2.75, 3.05) is 0 Å². The van der Waals surface area contributed by atoms with Crippen LogP contribution in [0.2, 0.25) is 0 Å². The summed E-state index contributed by atoms with van der Waals surface area (Å²) in [5, 5.41) is 0. The highest BCUT2D eigenvalue weighted by atomic mass is 19.4. The Morgan fingerprint density at radius 1 is 1.29 bits per heavy atom. The Kier molecular flexibility index (Phi) is 3.79. The van der Waals surface area contributed by atoms with Gasteiger partial charge in [-0.05, 0) is 17.7 Å². The molecule has 0 spiro atoms. The number of halogens is 3. The van der Waals surface area contributed by atoms with Crippen molar-refractivity contribution < 1.29 is 18.0 Å². The molecule has 1 aromatic carbocycles. The average Bonchev–Trinajstić information content (AvgIpc) is 2.40. The third-order valence-corrected chi connectivity index (χ3v) is 2.74. The van der Waals surface area contributed by atoms with Crippen molar-refractivity contribution in [1.82, 2.24) is 9.55 Å². The molecule has 0 unspecified atom stereocenters. The van der Waals surface area contributed by atoms with Crippen LogP contribution in [0, 0.1) is 0 Å². The summed E-state index contributed by atoms with van der Waals surface area (Å²) in [6.07, 6.45) is -3.38. The Morgan fingerprint density at radius 2 is 2.00 bits per heavy atom. The maximum absolute atomic E-state index is 12.6. The van der Waals surface area contributed by atoms with Crippen molar-refractivity contribution in [2.24, 2.45) is 5.73 Å². The lowest BCUT2D eigenvalue weighted by Crippen LogP contribution is -2.24. The molecule has 1 heterocycles. The summed E-state index contributed by atoms with van der Waals surface area (Å²) in [6.45, 7) is -0.0885. The molecule has 110 valence electrons. The normalized spacial score (nSPS) is 11.4. The number of hydrogen-bond donors (Lipinski definition) is 1. The average molecular weight is 297 g/mol. The molecule has 0 saturated carbocycles. The van der Waals surface area contributed by atoms with Crippen LogP contribution in [0.5, 0.6) is 0 Å². The summed E-state index contributed by atoms with van der Waals surface area (Å²) in [6, 6.07) is 5.56. The van der Waals surface area contributed by atoms with E-state index in [1.54, 1.807) is 0 Å². The fraction of sp³-hybridized carbons (Fsp3) is 0.154. The zero-order valence-electron chi connectivity index (χ0n) is 10.6. The van der Waals surface area contributed by atoms with Gasteiger partial charge in [0.2, 0.25) is 0 Å².